The van der Waals surface area contributed by atoms with Crippen LogP contribution in [0.25, 0.3) is 10.8 Å². The molecule has 130 valence electrons. The van der Waals surface area contributed by atoms with Gasteiger partial charge >= 0.3 is 0 Å². The number of nitrogens with one attached hydrogen (secondary N) is 1. The van der Waals surface area contributed by atoms with E-state index in [-0.39, 0.29) is 7.92 Å². The third-order valence-electron chi connectivity index (χ3n) is 4.54. The van der Waals surface area contributed by atoms with Gasteiger partial charge < -0.3 is 5.32 Å². The maximum atomic E-state index is 4.70. The summed E-state index contributed by atoms with van der Waals surface area (Å²) in [5.74, 6) is 0. The van der Waals surface area contributed by atoms with Crippen molar-refractivity contribution in [1.29, 1.82) is 0 Å². The average Bonchev–Trinajstić information content (AvgIpc) is 3.20. The van der Waals surface area contributed by atoms with Gasteiger partial charge in [0.2, 0.25) is 0 Å². The van der Waals surface area contributed by atoms with E-state index in [1.165, 1.54) is 10.8 Å². The third-order valence-corrected chi connectivity index (χ3v) is 7.72. The van der Waals surface area contributed by atoms with E-state index in [4.69, 9.17) is 4.99 Å². The summed E-state index contributed by atoms with van der Waals surface area (Å²) >= 11 is 0. The van der Waals surface area contributed by atoms with Gasteiger partial charge in [0.25, 0.3) is 0 Å². The fraction of sp³-hybridized carbons (Fsp3) is 0.476. The van der Waals surface area contributed by atoms with Crippen LogP contribution in [0.4, 0.5) is 5.69 Å². The van der Waals surface area contributed by atoms with Crippen molar-refractivity contribution in [2.45, 2.75) is 52.9 Å². The zero-order valence-corrected chi connectivity index (χ0v) is 16.8. The highest BCUT2D eigenvalue weighted by Gasteiger charge is 2.43. The fourth-order valence-electron chi connectivity index (χ4n) is 2.99. The van der Waals surface area contributed by atoms with E-state index >= 15 is 0 Å². The second-order valence-electron chi connectivity index (χ2n) is 6.23. The summed E-state index contributed by atoms with van der Waals surface area (Å²) in [6, 6.07) is 13.5. The van der Waals surface area contributed by atoms with Crippen molar-refractivity contribution in [2.24, 2.45) is 4.99 Å². The number of rotatable bonds is 5. The molecule has 2 nitrogen and oxygen atoms in total. The monoisotopic (exact) mass is 342 g/mol. The summed E-state index contributed by atoms with van der Waals surface area (Å²) in [4.78, 5) is 4.70. The van der Waals surface area contributed by atoms with Crippen LogP contribution in [0.1, 0.15) is 41.5 Å². The first-order valence-electron chi connectivity index (χ1n) is 9.17. The predicted octanol–water partition coefficient (Wildman–Crippen LogP) is 5.47. The molecule has 0 spiro atoms. The number of hydrogen-bond acceptors (Lipinski definition) is 2. The highest BCUT2D eigenvalue weighted by Crippen LogP contribution is 2.64. The van der Waals surface area contributed by atoms with Crippen LogP contribution in [0.5, 0.6) is 0 Å². The maximum Gasteiger partial charge on any atom is 0.0635 e. The minimum absolute atomic E-state index is 0.0944. The van der Waals surface area contributed by atoms with E-state index in [0.29, 0.717) is 0 Å². The van der Waals surface area contributed by atoms with E-state index in [1.54, 1.807) is 5.30 Å². The Bertz CT molecular complexity index is 700. The van der Waals surface area contributed by atoms with Crippen molar-refractivity contribution in [2.75, 3.05) is 13.1 Å². The quantitative estimate of drug-likeness (QED) is 0.566. The van der Waals surface area contributed by atoms with Gasteiger partial charge in [0, 0.05) is 12.3 Å². The van der Waals surface area contributed by atoms with E-state index < -0.39 is 0 Å². The molecular weight excluding hydrogens is 311 g/mol. The molecule has 1 fully saturated rings. The largest absolute Gasteiger partial charge is 0.312 e. The first-order valence-corrected chi connectivity index (χ1v) is 10.6. The van der Waals surface area contributed by atoms with Crippen LogP contribution >= 0.6 is 7.92 Å². The Balaban J connectivity index is 0.00000100. The highest BCUT2D eigenvalue weighted by molar-refractivity contribution is 7.74. The Hall–Kier alpha value is -1.24. The Morgan fingerprint density at radius 1 is 1.04 bits per heavy atom. The van der Waals surface area contributed by atoms with Crippen LogP contribution < -0.4 is 10.6 Å². The molecule has 1 aliphatic heterocycles. The number of fused-ring (bicyclic) bond motifs is 1. The fourth-order valence-corrected chi connectivity index (χ4v) is 5.67. The molecule has 24 heavy (non-hydrogen) atoms. The minimum Gasteiger partial charge on any atom is -0.312 e. The standard InChI is InChI=1S/C19H25N2P.C2H6/c1-5-20-12-13(2)21-18-8-6-17-11-19(9-7-16(17)10-18)22-14(3)15(22)4;1-2/h6-11,14-15,20H,5,12H2,1-4H3;1-2H3. The first kappa shape index (κ1) is 19.1. The minimum atomic E-state index is 0.0944. The summed E-state index contributed by atoms with van der Waals surface area (Å²) < 4.78 is 0. The Kier molecular flexibility index (Phi) is 6.95. The zero-order chi connectivity index (χ0) is 17.7. The van der Waals surface area contributed by atoms with Crippen LogP contribution in [-0.2, 0) is 0 Å². The molecule has 2 aromatic carbocycles. The van der Waals surface area contributed by atoms with Crippen LogP contribution in [0.3, 0.4) is 0 Å². The zero-order valence-electron chi connectivity index (χ0n) is 15.9. The Morgan fingerprint density at radius 2 is 1.67 bits per heavy atom. The highest BCUT2D eigenvalue weighted by atomic mass is 31.1. The molecule has 0 saturated carbocycles. The van der Waals surface area contributed by atoms with Gasteiger partial charge in [-0.25, -0.2) is 0 Å². The molecule has 0 aromatic heterocycles. The molecule has 0 bridgehead atoms. The Morgan fingerprint density at radius 3 is 2.29 bits per heavy atom. The molecule has 2 unspecified atom stereocenters. The molecule has 0 aliphatic carbocycles. The molecule has 3 rings (SSSR count). The van der Waals surface area contributed by atoms with E-state index in [0.717, 1.165) is 35.8 Å². The smallest absolute Gasteiger partial charge is 0.0635 e. The summed E-state index contributed by atoms with van der Waals surface area (Å²) in [7, 11) is 0.0944. The molecule has 3 heteroatoms. The van der Waals surface area contributed by atoms with Gasteiger partial charge in [0.1, 0.15) is 0 Å². The van der Waals surface area contributed by atoms with Crippen LogP contribution in [0, 0.1) is 0 Å². The molecule has 2 atom stereocenters. The Labute approximate surface area is 148 Å². The molecule has 1 N–H and O–H groups in total. The topological polar surface area (TPSA) is 24.4 Å². The molecule has 1 saturated heterocycles. The van der Waals surface area contributed by atoms with Crippen LogP contribution in [0.2, 0.25) is 0 Å². The molecule has 0 amide bonds. The molecule has 1 heterocycles. The van der Waals surface area contributed by atoms with E-state index in [1.807, 2.05) is 13.8 Å². The summed E-state index contributed by atoms with van der Waals surface area (Å²) in [5, 5.41) is 7.50. The molecule has 0 radical (unpaired) electrons. The van der Waals surface area contributed by atoms with Crippen molar-refractivity contribution in [1.82, 2.24) is 5.32 Å². The van der Waals surface area contributed by atoms with Crippen molar-refractivity contribution in [3.05, 3.63) is 36.4 Å². The summed E-state index contributed by atoms with van der Waals surface area (Å²) in [5.41, 5.74) is 3.96. The second-order valence-corrected chi connectivity index (χ2v) is 9.19. The maximum absolute atomic E-state index is 4.70. The molecule has 1 aliphatic rings. The van der Waals surface area contributed by atoms with Gasteiger partial charge in [-0.15, -0.1) is 0 Å². The normalized spacial score (nSPS) is 22.9. The molecular formula is C21H31N2P. The third kappa shape index (κ3) is 4.43. The predicted molar refractivity (Wildman–Crippen MR) is 112 cm³/mol. The van der Waals surface area contributed by atoms with E-state index in [9.17, 15) is 0 Å². The number of benzene rings is 2. The van der Waals surface area contributed by atoms with Crippen molar-refractivity contribution >= 4 is 35.4 Å². The van der Waals surface area contributed by atoms with Crippen LogP contribution in [0.15, 0.2) is 41.4 Å². The lowest BCUT2D eigenvalue weighted by molar-refractivity contribution is 0.815. The summed E-state index contributed by atoms with van der Waals surface area (Å²) in [6.45, 7) is 14.8. The van der Waals surface area contributed by atoms with Gasteiger partial charge in [-0.05, 0) is 59.1 Å². The van der Waals surface area contributed by atoms with E-state index in [2.05, 4.69) is 69.4 Å². The van der Waals surface area contributed by atoms with Crippen LogP contribution in [-0.4, -0.2) is 30.1 Å². The van der Waals surface area contributed by atoms with Gasteiger partial charge in [-0.3, -0.25) is 4.99 Å². The van der Waals surface area contributed by atoms with Gasteiger partial charge in [0.15, 0.2) is 0 Å². The molecule has 2 aromatic rings. The first-order chi connectivity index (χ1) is 11.6. The number of aliphatic imine (C=N–C) groups is 1. The van der Waals surface area contributed by atoms with Crippen molar-refractivity contribution in [3.8, 4) is 0 Å². The summed E-state index contributed by atoms with van der Waals surface area (Å²) in [6.07, 6.45) is 0. The number of hydrogen-bond donors (Lipinski definition) is 1. The lowest BCUT2D eigenvalue weighted by Crippen LogP contribution is -2.20. The van der Waals surface area contributed by atoms with Crippen molar-refractivity contribution in [3.63, 3.8) is 0 Å². The SMILES string of the molecule is CC.CCNCC(C)=Nc1ccc2cc(P3C(C)C3C)ccc2c1. The van der Waals surface area contributed by atoms with Gasteiger partial charge in [-0.2, -0.15) is 0 Å². The lowest BCUT2D eigenvalue weighted by Gasteiger charge is -2.06. The lowest BCUT2D eigenvalue weighted by atomic mass is 10.1. The van der Waals surface area contributed by atoms with Crippen molar-refractivity contribution < 1.29 is 0 Å². The van der Waals surface area contributed by atoms with Gasteiger partial charge in [0.05, 0.1) is 5.69 Å². The second kappa shape index (κ2) is 8.74. The number of nitrogens with zero attached hydrogens (tertiary/aromatic N) is 1. The average molecular weight is 342 g/mol. The van der Waals surface area contributed by atoms with Gasteiger partial charge in [-0.1, -0.05) is 60.7 Å².